The number of benzene rings is 1. The average Bonchev–Trinajstić information content (AvgIpc) is 3.12. The van der Waals surface area contributed by atoms with Crippen molar-refractivity contribution in [3.8, 4) is 11.6 Å². The number of hydrogen-bond acceptors (Lipinski definition) is 5. The maximum Gasteiger partial charge on any atom is 0.254 e. The van der Waals surface area contributed by atoms with Gasteiger partial charge in [0.05, 0.1) is 23.1 Å². The third-order valence-corrected chi connectivity index (χ3v) is 6.59. The molecule has 0 atom stereocenters. The molecule has 164 valence electrons. The first kappa shape index (κ1) is 20.2. The number of rotatable bonds is 6. The van der Waals surface area contributed by atoms with Crippen molar-refractivity contribution in [1.82, 2.24) is 20.1 Å². The number of nitrogens with one attached hydrogen (secondary N) is 1. The largest absolute Gasteiger partial charge is 0.474 e. The molecular formula is C24H25N5O3. The van der Waals surface area contributed by atoms with E-state index in [1.165, 1.54) is 0 Å². The van der Waals surface area contributed by atoms with Gasteiger partial charge in [-0.2, -0.15) is 5.10 Å². The zero-order valence-corrected chi connectivity index (χ0v) is 17.8. The Labute approximate surface area is 185 Å². The van der Waals surface area contributed by atoms with Crippen molar-refractivity contribution in [2.45, 2.75) is 44.8 Å². The van der Waals surface area contributed by atoms with Gasteiger partial charge < -0.3 is 15.8 Å². The van der Waals surface area contributed by atoms with Gasteiger partial charge in [-0.25, -0.2) is 9.67 Å². The molecule has 0 unspecified atom stereocenters. The highest BCUT2D eigenvalue weighted by molar-refractivity contribution is 5.95. The van der Waals surface area contributed by atoms with Crippen molar-refractivity contribution in [1.29, 1.82) is 0 Å². The predicted molar refractivity (Wildman–Crippen MR) is 118 cm³/mol. The molecular weight excluding hydrogens is 406 g/mol. The Morgan fingerprint density at radius 2 is 1.84 bits per heavy atom. The molecule has 8 heteroatoms. The van der Waals surface area contributed by atoms with Crippen LogP contribution >= 0.6 is 0 Å². The van der Waals surface area contributed by atoms with Gasteiger partial charge in [-0.05, 0) is 62.3 Å². The molecule has 0 bridgehead atoms. The highest BCUT2D eigenvalue weighted by atomic mass is 16.5. The molecule has 2 fully saturated rings. The lowest BCUT2D eigenvalue weighted by molar-refractivity contribution is -0.0848. The van der Waals surface area contributed by atoms with E-state index in [4.69, 9.17) is 10.5 Å². The molecule has 2 heterocycles. The molecule has 1 spiro atoms. The lowest BCUT2D eigenvalue weighted by Gasteiger charge is -2.57. The number of nitrogens with two attached hydrogens (primary N) is 1. The SMILES string of the molecule is Cc1c(C(=O)NC2CC3(C2)CC(Oc2ncccc2C(N)=O)C3)cnn1-c1ccccc1. The van der Waals surface area contributed by atoms with Crippen molar-refractivity contribution in [2.75, 3.05) is 0 Å². The van der Waals surface area contributed by atoms with Crippen LogP contribution in [0, 0.1) is 12.3 Å². The molecule has 2 aliphatic carbocycles. The highest BCUT2D eigenvalue weighted by Crippen LogP contribution is 2.56. The number of ether oxygens (including phenoxy) is 1. The van der Waals surface area contributed by atoms with E-state index >= 15 is 0 Å². The van der Waals surface area contributed by atoms with Gasteiger partial charge in [0, 0.05) is 12.2 Å². The molecule has 2 aliphatic rings. The van der Waals surface area contributed by atoms with Crippen molar-refractivity contribution in [2.24, 2.45) is 11.1 Å². The van der Waals surface area contributed by atoms with E-state index in [0.29, 0.717) is 17.0 Å². The number of primary amides is 1. The van der Waals surface area contributed by atoms with Crippen molar-refractivity contribution in [3.63, 3.8) is 0 Å². The fourth-order valence-electron chi connectivity index (χ4n) is 4.97. The number of carbonyl (C=O) groups excluding carboxylic acids is 2. The third-order valence-electron chi connectivity index (χ3n) is 6.59. The van der Waals surface area contributed by atoms with Crippen LogP contribution in [0.15, 0.2) is 54.9 Å². The zero-order valence-electron chi connectivity index (χ0n) is 17.8. The molecule has 0 saturated heterocycles. The molecule has 5 rings (SSSR count). The molecule has 1 aromatic carbocycles. The summed E-state index contributed by atoms with van der Waals surface area (Å²) in [5, 5.41) is 7.53. The minimum absolute atomic E-state index is 0.0194. The Morgan fingerprint density at radius 3 is 2.56 bits per heavy atom. The van der Waals surface area contributed by atoms with E-state index in [1.807, 2.05) is 37.3 Å². The molecule has 32 heavy (non-hydrogen) atoms. The van der Waals surface area contributed by atoms with Crippen molar-refractivity contribution in [3.05, 3.63) is 71.7 Å². The number of aromatic nitrogens is 3. The summed E-state index contributed by atoms with van der Waals surface area (Å²) in [6.07, 6.45) is 6.87. The molecule has 0 radical (unpaired) electrons. The number of para-hydroxylation sites is 1. The smallest absolute Gasteiger partial charge is 0.254 e. The second-order valence-electron chi connectivity index (χ2n) is 8.84. The van der Waals surface area contributed by atoms with Gasteiger partial charge in [0.15, 0.2) is 0 Å². The Bertz CT molecular complexity index is 1160. The summed E-state index contributed by atoms with van der Waals surface area (Å²) in [5.74, 6) is -0.328. The molecule has 2 aromatic heterocycles. The van der Waals surface area contributed by atoms with Gasteiger partial charge in [0.25, 0.3) is 11.8 Å². The van der Waals surface area contributed by atoms with Crippen LogP contribution in [0.2, 0.25) is 0 Å². The summed E-state index contributed by atoms with van der Waals surface area (Å²) in [6.45, 7) is 1.91. The highest BCUT2D eigenvalue weighted by Gasteiger charge is 2.54. The maximum atomic E-state index is 12.8. The Kier molecular flexibility index (Phi) is 4.92. The third kappa shape index (κ3) is 3.62. The summed E-state index contributed by atoms with van der Waals surface area (Å²) in [4.78, 5) is 28.5. The normalized spacial score (nSPS) is 23.8. The minimum atomic E-state index is -0.542. The topological polar surface area (TPSA) is 112 Å². The molecule has 3 aromatic rings. The fraction of sp³-hybridized carbons (Fsp3) is 0.333. The van der Waals surface area contributed by atoms with Crippen LogP contribution in [0.4, 0.5) is 0 Å². The number of pyridine rings is 1. The van der Waals surface area contributed by atoms with Gasteiger partial charge >= 0.3 is 0 Å². The van der Waals surface area contributed by atoms with Crippen molar-refractivity contribution >= 4 is 11.8 Å². The predicted octanol–water partition coefficient (Wildman–Crippen LogP) is 2.79. The van der Waals surface area contributed by atoms with E-state index in [-0.39, 0.29) is 23.5 Å². The van der Waals surface area contributed by atoms with Crippen LogP contribution in [-0.2, 0) is 0 Å². The van der Waals surface area contributed by atoms with Gasteiger partial charge in [-0.1, -0.05) is 18.2 Å². The second-order valence-corrected chi connectivity index (χ2v) is 8.84. The van der Waals surface area contributed by atoms with Crippen LogP contribution < -0.4 is 15.8 Å². The van der Waals surface area contributed by atoms with E-state index in [9.17, 15) is 9.59 Å². The zero-order chi connectivity index (χ0) is 22.3. The van der Waals surface area contributed by atoms with Crippen LogP contribution in [0.5, 0.6) is 5.88 Å². The fourth-order valence-corrected chi connectivity index (χ4v) is 4.97. The number of hydrogen-bond donors (Lipinski definition) is 2. The summed E-state index contributed by atoms with van der Waals surface area (Å²) in [5.41, 5.74) is 8.25. The minimum Gasteiger partial charge on any atom is -0.474 e. The van der Waals surface area contributed by atoms with Gasteiger partial charge in [-0.15, -0.1) is 0 Å². The quantitative estimate of drug-likeness (QED) is 0.623. The Hall–Kier alpha value is -3.68. The molecule has 3 N–H and O–H groups in total. The van der Waals surface area contributed by atoms with Gasteiger partial charge in [0.2, 0.25) is 5.88 Å². The van der Waals surface area contributed by atoms with Crippen molar-refractivity contribution < 1.29 is 14.3 Å². The standard InChI is InChI=1S/C24H25N5O3/c1-15-20(14-27-29(15)17-6-3-2-4-7-17)22(31)28-16-10-24(11-16)12-18(13-24)32-23-19(21(25)30)8-5-9-26-23/h2-9,14,16,18H,10-13H2,1H3,(H2,25,30)(H,28,31). The number of nitrogens with zero attached hydrogens (tertiary/aromatic N) is 3. The lowest BCUT2D eigenvalue weighted by Crippen LogP contribution is -2.58. The monoisotopic (exact) mass is 431 g/mol. The Balaban J connectivity index is 1.14. The molecule has 2 amide bonds. The summed E-state index contributed by atoms with van der Waals surface area (Å²) >= 11 is 0. The van der Waals surface area contributed by atoms with Crippen LogP contribution in [0.3, 0.4) is 0 Å². The van der Waals surface area contributed by atoms with E-state index < -0.39 is 5.91 Å². The van der Waals surface area contributed by atoms with E-state index in [1.54, 1.807) is 29.2 Å². The first-order valence-electron chi connectivity index (χ1n) is 10.8. The van der Waals surface area contributed by atoms with Gasteiger partial charge in [-0.3, -0.25) is 9.59 Å². The second kappa shape index (κ2) is 7.78. The van der Waals surface area contributed by atoms with Crippen LogP contribution in [0.25, 0.3) is 5.69 Å². The maximum absolute atomic E-state index is 12.8. The lowest BCUT2D eigenvalue weighted by atomic mass is 9.53. The van der Waals surface area contributed by atoms with Gasteiger partial charge in [0.1, 0.15) is 11.7 Å². The molecule has 0 aliphatic heterocycles. The first-order chi connectivity index (χ1) is 15.4. The molecule has 8 nitrogen and oxygen atoms in total. The van der Waals surface area contributed by atoms with E-state index in [0.717, 1.165) is 37.1 Å². The Morgan fingerprint density at radius 1 is 1.09 bits per heavy atom. The average molecular weight is 431 g/mol. The number of amides is 2. The van der Waals surface area contributed by atoms with Crippen LogP contribution in [-0.4, -0.2) is 38.7 Å². The number of carbonyl (C=O) groups is 2. The summed E-state index contributed by atoms with van der Waals surface area (Å²) < 4.78 is 7.69. The van der Waals surface area contributed by atoms with E-state index in [2.05, 4.69) is 15.4 Å². The first-order valence-corrected chi connectivity index (χ1v) is 10.8. The summed E-state index contributed by atoms with van der Waals surface area (Å²) in [6, 6.07) is 13.2. The molecule has 2 saturated carbocycles. The summed E-state index contributed by atoms with van der Waals surface area (Å²) in [7, 11) is 0. The van der Waals surface area contributed by atoms with Crippen LogP contribution in [0.1, 0.15) is 52.1 Å².